The van der Waals surface area contributed by atoms with Crippen LogP contribution in [0.15, 0.2) is 36.4 Å². The maximum atomic E-state index is 13.7. The first kappa shape index (κ1) is 14.3. The van der Waals surface area contributed by atoms with Gasteiger partial charge in [0.05, 0.1) is 14.2 Å². The molecule has 0 aliphatic heterocycles. The minimum atomic E-state index is -1.31. The predicted molar refractivity (Wildman–Crippen MR) is 70.0 cm³/mol. The van der Waals surface area contributed by atoms with Crippen molar-refractivity contribution in [2.75, 3.05) is 14.2 Å². The molecule has 1 atom stereocenters. The van der Waals surface area contributed by atoms with E-state index in [1.165, 1.54) is 38.5 Å². The monoisotopic (exact) mass is 280 g/mol. The zero-order valence-corrected chi connectivity index (χ0v) is 11.1. The lowest BCUT2D eigenvalue weighted by atomic mass is 10.0. The van der Waals surface area contributed by atoms with Gasteiger partial charge < -0.3 is 14.6 Å². The molecule has 2 aromatic carbocycles. The number of methoxy groups -OCH3 is 2. The molecular weight excluding hydrogens is 266 g/mol. The highest BCUT2D eigenvalue weighted by atomic mass is 19.2. The average molecular weight is 280 g/mol. The van der Waals surface area contributed by atoms with E-state index in [-0.39, 0.29) is 5.56 Å². The van der Waals surface area contributed by atoms with Crippen LogP contribution in [-0.4, -0.2) is 19.3 Å². The molecule has 0 saturated carbocycles. The third-order valence-corrected chi connectivity index (χ3v) is 2.97. The lowest BCUT2D eigenvalue weighted by Crippen LogP contribution is -2.05. The Bertz CT molecular complexity index is 592. The second kappa shape index (κ2) is 5.88. The van der Waals surface area contributed by atoms with Crippen LogP contribution in [0.2, 0.25) is 0 Å². The molecular formula is C15H14F2O3. The zero-order chi connectivity index (χ0) is 14.7. The van der Waals surface area contributed by atoms with Gasteiger partial charge in [-0.1, -0.05) is 12.1 Å². The first-order valence-corrected chi connectivity index (χ1v) is 5.91. The fourth-order valence-corrected chi connectivity index (χ4v) is 1.90. The number of rotatable bonds is 4. The predicted octanol–water partition coefficient (Wildman–Crippen LogP) is 3.06. The summed E-state index contributed by atoms with van der Waals surface area (Å²) in [7, 11) is 2.93. The third kappa shape index (κ3) is 2.72. The van der Waals surface area contributed by atoms with E-state index in [9.17, 15) is 13.9 Å². The van der Waals surface area contributed by atoms with Crippen LogP contribution >= 0.6 is 0 Å². The summed E-state index contributed by atoms with van der Waals surface area (Å²) in [5, 5.41) is 10.2. The van der Waals surface area contributed by atoms with Gasteiger partial charge in [0, 0.05) is 11.6 Å². The smallest absolute Gasteiger partial charge is 0.164 e. The molecule has 1 N–H and O–H groups in total. The van der Waals surface area contributed by atoms with Gasteiger partial charge in [-0.05, 0) is 23.8 Å². The highest BCUT2D eigenvalue weighted by molar-refractivity contribution is 5.42. The zero-order valence-electron chi connectivity index (χ0n) is 11.1. The van der Waals surface area contributed by atoms with Crippen molar-refractivity contribution in [3.63, 3.8) is 0 Å². The van der Waals surface area contributed by atoms with Crippen molar-refractivity contribution in [1.82, 2.24) is 0 Å². The summed E-state index contributed by atoms with van der Waals surface area (Å²) in [5.41, 5.74) is 0.214. The third-order valence-electron chi connectivity index (χ3n) is 2.97. The van der Waals surface area contributed by atoms with E-state index in [0.29, 0.717) is 17.1 Å². The van der Waals surface area contributed by atoms with Gasteiger partial charge in [-0.15, -0.1) is 0 Å². The summed E-state index contributed by atoms with van der Waals surface area (Å²) in [4.78, 5) is 0. The van der Waals surface area contributed by atoms with Crippen LogP contribution in [0, 0.1) is 11.6 Å². The number of benzene rings is 2. The largest absolute Gasteiger partial charge is 0.497 e. The van der Waals surface area contributed by atoms with Crippen molar-refractivity contribution in [1.29, 1.82) is 0 Å². The molecule has 0 amide bonds. The summed E-state index contributed by atoms with van der Waals surface area (Å²) >= 11 is 0. The molecule has 0 radical (unpaired) electrons. The lowest BCUT2D eigenvalue weighted by molar-refractivity contribution is 0.212. The Morgan fingerprint density at radius 2 is 1.60 bits per heavy atom. The van der Waals surface area contributed by atoms with Gasteiger partial charge in [-0.25, -0.2) is 8.78 Å². The Kier molecular flexibility index (Phi) is 4.20. The summed E-state index contributed by atoms with van der Waals surface area (Å²) in [5.74, 6) is -1.16. The number of hydrogen-bond donors (Lipinski definition) is 1. The van der Waals surface area contributed by atoms with E-state index in [4.69, 9.17) is 9.47 Å². The van der Waals surface area contributed by atoms with Crippen molar-refractivity contribution in [2.45, 2.75) is 6.10 Å². The second-order valence-corrected chi connectivity index (χ2v) is 4.19. The topological polar surface area (TPSA) is 38.7 Å². The highest BCUT2D eigenvalue weighted by Crippen LogP contribution is 2.31. The van der Waals surface area contributed by atoms with Crippen molar-refractivity contribution in [3.05, 3.63) is 59.2 Å². The molecule has 1 unspecified atom stereocenters. The first-order chi connectivity index (χ1) is 9.56. The van der Waals surface area contributed by atoms with Gasteiger partial charge in [0.1, 0.15) is 17.6 Å². The van der Waals surface area contributed by atoms with Gasteiger partial charge in [0.2, 0.25) is 0 Å². The molecule has 0 bridgehead atoms. The van der Waals surface area contributed by atoms with Crippen molar-refractivity contribution in [2.24, 2.45) is 0 Å². The molecule has 0 heterocycles. The van der Waals surface area contributed by atoms with E-state index in [1.54, 1.807) is 6.07 Å². The Balaban J connectivity index is 2.47. The first-order valence-electron chi connectivity index (χ1n) is 5.91. The molecule has 106 valence electrons. The van der Waals surface area contributed by atoms with E-state index in [1.807, 2.05) is 0 Å². The summed E-state index contributed by atoms with van der Waals surface area (Å²) in [6, 6.07) is 8.37. The van der Waals surface area contributed by atoms with Crippen LogP contribution in [0.4, 0.5) is 8.78 Å². The molecule has 3 nitrogen and oxygen atoms in total. The van der Waals surface area contributed by atoms with Gasteiger partial charge >= 0.3 is 0 Å². The molecule has 0 saturated heterocycles. The molecule has 0 fully saturated rings. The lowest BCUT2D eigenvalue weighted by Gasteiger charge is -2.15. The maximum absolute atomic E-state index is 13.7. The molecule has 0 spiro atoms. The van der Waals surface area contributed by atoms with Gasteiger partial charge in [-0.3, -0.25) is 0 Å². The molecule has 20 heavy (non-hydrogen) atoms. The number of hydrogen-bond acceptors (Lipinski definition) is 3. The molecule has 0 aliphatic carbocycles. The normalized spacial score (nSPS) is 12.1. The van der Waals surface area contributed by atoms with Crippen LogP contribution in [0.5, 0.6) is 11.5 Å². The summed E-state index contributed by atoms with van der Waals surface area (Å²) in [6.07, 6.45) is -1.31. The number of ether oxygens (including phenoxy) is 2. The summed E-state index contributed by atoms with van der Waals surface area (Å²) < 4.78 is 37.1. The van der Waals surface area contributed by atoms with E-state index >= 15 is 0 Å². The fraction of sp³-hybridized carbons (Fsp3) is 0.200. The molecule has 2 aromatic rings. The van der Waals surface area contributed by atoms with Crippen LogP contribution in [0.25, 0.3) is 0 Å². The Hall–Kier alpha value is -2.14. The number of aliphatic hydroxyl groups is 1. The van der Waals surface area contributed by atoms with Crippen molar-refractivity contribution >= 4 is 0 Å². The van der Waals surface area contributed by atoms with E-state index < -0.39 is 17.7 Å². The number of aliphatic hydroxyl groups excluding tert-OH is 1. The quantitative estimate of drug-likeness (QED) is 0.935. The average Bonchev–Trinajstić information content (AvgIpc) is 2.48. The van der Waals surface area contributed by atoms with Crippen LogP contribution < -0.4 is 9.47 Å². The minimum Gasteiger partial charge on any atom is -0.497 e. The molecule has 0 aromatic heterocycles. The van der Waals surface area contributed by atoms with Crippen molar-refractivity contribution in [3.8, 4) is 11.5 Å². The standard InChI is InChI=1S/C15H14F2O3/c1-19-10-6-9(7-11(8-10)20-2)15(18)12-4-3-5-13(16)14(12)17/h3-8,15,18H,1-2H3. The molecule has 0 aliphatic rings. The van der Waals surface area contributed by atoms with Crippen molar-refractivity contribution < 1.29 is 23.4 Å². The van der Waals surface area contributed by atoms with Gasteiger partial charge in [-0.2, -0.15) is 0 Å². The Morgan fingerprint density at radius 3 is 2.15 bits per heavy atom. The molecule has 5 heteroatoms. The van der Waals surface area contributed by atoms with E-state index in [2.05, 4.69) is 0 Å². The summed E-state index contributed by atoms with van der Waals surface area (Å²) in [6.45, 7) is 0. The number of halogens is 2. The maximum Gasteiger partial charge on any atom is 0.164 e. The SMILES string of the molecule is COc1cc(OC)cc(C(O)c2cccc(F)c2F)c1. The fourth-order valence-electron chi connectivity index (χ4n) is 1.90. The van der Waals surface area contributed by atoms with Crippen LogP contribution in [-0.2, 0) is 0 Å². The van der Waals surface area contributed by atoms with Crippen LogP contribution in [0.1, 0.15) is 17.2 Å². The minimum absolute atomic E-state index is 0.139. The van der Waals surface area contributed by atoms with Crippen LogP contribution in [0.3, 0.4) is 0 Å². The molecule has 2 rings (SSSR count). The second-order valence-electron chi connectivity index (χ2n) is 4.19. The highest BCUT2D eigenvalue weighted by Gasteiger charge is 2.19. The van der Waals surface area contributed by atoms with E-state index in [0.717, 1.165) is 6.07 Å². The Morgan fingerprint density at radius 1 is 1.00 bits per heavy atom. The Labute approximate surface area is 115 Å². The van der Waals surface area contributed by atoms with Gasteiger partial charge in [0.25, 0.3) is 0 Å². The van der Waals surface area contributed by atoms with Gasteiger partial charge in [0.15, 0.2) is 11.6 Å².